The SMILES string of the molecule is CC1(C)OCC2(CO1)CN(C(=O)C1CC(=O)N(c3cccc(Br)c3)C1)C2. The Bertz CT molecular complexity index is 733. The third kappa shape index (κ3) is 3.28. The van der Waals surface area contributed by atoms with Crippen LogP contribution in [0.15, 0.2) is 28.7 Å². The molecule has 6 nitrogen and oxygen atoms in total. The molecule has 3 heterocycles. The summed E-state index contributed by atoms with van der Waals surface area (Å²) in [6.07, 6.45) is 0.273. The van der Waals surface area contributed by atoms with Gasteiger partial charge in [-0.1, -0.05) is 22.0 Å². The zero-order chi connectivity index (χ0) is 18.5. The van der Waals surface area contributed by atoms with E-state index in [4.69, 9.17) is 9.47 Å². The standard InChI is InChI=1S/C19H23BrN2O4/c1-18(2)25-11-19(12-26-18)9-21(10-19)17(24)13-6-16(23)22(8-13)15-5-3-4-14(20)7-15/h3-5,7,13H,6,8-12H2,1-2H3. The van der Waals surface area contributed by atoms with Crippen molar-refractivity contribution in [1.82, 2.24) is 4.90 Å². The summed E-state index contributed by atoms with van der Waals surface area (Å²) in [6, 6.07) is 7.61. The van der Waals surface area contributed by atoms with Crippen molar-refractivity contribution in [2.75, 3.05) is 37.7 Å². The summed E-state index contributed by atoms with van der Waals surface area (Å²) in [5.41, 5.74) is 0.744. The number of likely N-dealkylation sites (tertiary alicyclic amines) is 1. The van der Waals surface area contributed by atoms with Gasteiger partial charge in [-0.15, -0.1) is 0 Å². The van der Waals surface area contributed by atoms with Crippen molar-refractivity contribution in [3.05, 3.63) is 28.7 Å². The number of nitrogens with zero attached hydrogens (tertiary/aromatic N) is 2. The fraction of sp³-hybridized carbons (Fsp3) is 0.579. The first kappa shape index (κ1) is 17.9. The van der Waals surface area contributed by atoms with E-state index >= 15 is 0 Å². The van der Waals surface area contributed by atoms with Crippen LogP contribution in [0.1, 0.15) is 20.3 Å². The Kier molecular flexibility index (Phi) is 4.36. The largest absolute Gasteiger partial charge is 0.350 e. The third-order valence-electron chi connectivity index (χ3n) is 5.41. The normalized spacial score (nSPS) is 26.9. The van der Waals surface area contributed by atoms with Gasteiger partial charge in [-0.25, -0.2) is 0 Å². The summed E-state index contributed by atoms with van der Waals surface area (Å²) < 4.78 is 12.4. The molecule has 0 saturated carbocycles. The maximum absolute atomic E-state index is 12.8. The fourth-order valence-electron chi connectivity index (χ4n) is 3.86. The van der Waals surface area contributed by atoms with Crippen molar-refractivity contribution < 1.29 is 19.1 Å². The number of rotatable bonds is 2. The van der Waals surface area contributed by atoms with E-state index in [-0.39, 0.29) is 29.6 Å². The molecule has 1 unspecified atom stereocenters. The zero-order valence-electron chi connectivity index (χ0n) is 15.0. The average Bonchev–Trinajstić information content (AvgIpc) is 2.95. The molecule has 3 aliphatic rings. The predicted octanol–water partition coefficient (Wildman–Crippen LogP) is 2.41. The molecule has 3 saturated heterocycles. The summed E-state index contributed by atoms with van der Waals surface area (Å²) in [5, 5.41) is 0. The van der Waals surface area contributed by atoms with Crippen LogP contribution in [0.5, 0.6) is 0 Å². The van der Waals surface area contributed by atoms with E-state index in [9.17, 15) is 9.59 Å². The van der Waals surface area contributed by atoms with Gasteiger partial charge in [0.05, 0.1) is 24.5 Å². The fourth-order valence-corrected chi connectivity index (χ4v) is 4.25. The molecule has 3 aliphatic heterocycles. The van der Waals surface area contributed by atoms with Crippen LogP contribution in [0.2, 0.25) is 0 Å². The van der Waals surface area contributed by atoms with Crippen LogP contribution in [-0.2, 0) is 19.1 Å². The maximum Gasteiger partial charge on any atom is 0.228 e. The minimum absolute atomic E-state index is 0.00256. The molecular formula is C19H23BrN2O4. The van der Waals surface area contributed by atoms with E-state index < -0.39 is 5.79 Å². The number of anilines is 1. The van der Waals surface area contributed by atoms with Crippen LogP contribution in [0.3, 0.4) is 0 Å². The summed E-state index contributed by atoms with van der Waals surface area (Å²) in [4.78, 5) is 28.8. The minimum Gasteiger partial charge on any atom is -0.350 e. The topological polar surface area (TPSA) is 59.1 Å². The molecular weight excluding hydrogens is 400 g/mol. The van der Waals surface area contributed by atoms with Crippen molar-refractivity contribution in [3.63, 3.8) is 0 Å². The summed E-state index contributed by atoms with van der Waals surface area (Å²) in [6.45, 7) is 6.75. The van der Waals surface area contributed by atoms with Gasteiger partial charge in [0.2, 0.25) is 11.8 Å². The maximum atomic E-state index is 12.8. The van der Waals surface area contributed by atoms with Gasteiger partial charge in [-0.3, -0.25) is 9.59 Å². The quantitative estimate of drug-likeness (QED) is 0.733. The molecule has 1 aromatic rings. The predicted molar refractivity (Wildman–Crippen MR) is 99.6 cm³/mol. The average molecular weight is 423 g/mol. The molecule has 0 aliphatic carbocycles. The van der Waals surface area contributed by atoms with Crippen LogP contribution in [0.4, 0.5) is 5.69 Å². The lowest BCUT2D eigenvalue weighted by atomic mass is 9.79. The molecule has 7 heteroatoms. The Labute approximate surface area is 161 Å². The Balaban J connectivity index is 1.36. The van der Waals surface area contributed by atoms with Crippen LogP contribution in [0.25, 0.3) is 0 Å². The second kappa shape index (κ2) is 6.32. The number of hydrogen-bond donors (Lipinski definition) is 0. The van der Waals surface area contributed by atoms with Crippen LogP contribution < -0.4 is 4.90 Å². The molecule has 0 aromatic heterocycles. The third-order valence-corrected chi connectivity index (χ3v) is 5.90. The lowest BCUT2D eigenvalue weighted by molar-refractivity contribution is -0.303. The lowest BCUT2D eigenvalue weighted by Gasteiger charge is -2.54. The van der Waals surface area contributed by atoms with E-state index in [0.717, 1.165) is 10.2 Å². The van der Waals surface area contributed by atoms with Crippen molar-refractivity contribution >= 4 is 33.4 Å². The summed E-state index contributed by atoms with van der Waals surface area (Å²) >= 11 is 3.43. The van der Waals surface area contributed by atoms with Crippen LogP contribution >= 0.6 is 15.9 Å². The molecule has 0 radical (unpaired) electrons. The number of amides is 2. The smallest absolute Gasteiger partial charge is 0.228 e. The molecule has 26 heavy (non-hydrogen) atoms. The molecule has 1 aromatic carbocycles. The highest BCUT2D eigenvalue weighted by Crippen LogP contribution is 2.39. The first-order valence-electron chi connectivity index (χ1n) is 8.90. The summed E-state index contributed by atoms with van der Waals surface area (Å²) in [7, 11) is 0. The second-order valence-corrected chi connectivity index (χ2v) is 8.97. The number of ether oxygens (including phenoxy) is 2. The second-order valence-electron chi connectivity index (χ2n) is 8.06. The Hall–Kier alpha value is -1.44. The van der Waals surface area contributed by atoms with E-state index in [1.54, 1.807) is 4.90 Å². The van der Waals surface area contributed by atoms with Gasteiger partial charge in [-0.2, -0.15) is 0 Å². The van der Waals surface area contributed by atoms with Crippen molar-refractivity contribution in [2.24, 2.45) is 11.3 Å². The van der Waals surface area contributed by atoms with Crippen LogP contribution in [0, 0.1) is 11.3 Å². The molecule has 0 bridgehead atoms. The van der Waals surface area contributed by atoms with Gasteiger partial charge in [0, 0.05) is 36.2 Å². The number of halogens is 1. The van der Waals surface area contributed by atoms with Crippen molar-refractivity contribution in [1.29, 1.82) is 0 Å². The van der Waals surface area contributed by atoms with Crippen LogP contribution in [-0.4, -0.2) is 55.3 Å². The monoisotopic (exact) mass is 422 g/mol. The van der Waals surface area contributed by atoms with Gasteiger partial charge in [0.1, 0.15) is 0 Å². The molecule has 0 N–H and O–H groups in total. The minimum atomic E-state index is -0.544. The Morgan fingerprint density at radius 3 is 2.58 bits per heavy atom. The first-order valence-corrected chi connectivity index (χ1v) is 9.69. The molecule has 2 amide bonds. The van der Waals surface area contributed by atoms with E-state index in [1.807, 2.05) is 43.0 Å². The summed E-state index contributed by atoms with van der Waals surface area (Å²) in [5.74, 6) is -0.757. The van der Waals surface area contributed by atoms with Crippen molar-refractivity contribution in [2.45, 2.75) is 26.1 Å². The molecule has 1 spiro atoms. The highest BCUT2D eigenvalue weighted by Gasteiger charge is 2.51. The van der Waals surface area contributed by atoms with Gasteiger partial charge in [0.15, 0.2) is 5.79 Å². The number of hydrogen-bond acceptors (Lipinski definition) is 4. The molecule has 3 fully saturated rings. The van der Waals surface area contributed by atoms with Gasteiger partial charge >= 0.3 is 0 Å². The first-order chi connectivity index (χ1) is 12.3. The highest BCUT2D eigenvalue weighted by molar-refractivity contribution is 9.10. The van der Waals surface area contributed by atoms with Gasteiger partial charge in [-0.05, 0) is 32.0 Å². The van der Waals surface area contributed by atoms with E-state index in [0.29, 0.717) is 32.8 Å². The molecule has 4 rings (SSSR count). The molecule has 1 atom stereocenters. The van der Waals surface area contributed by atoms with Gasteiger partial charge in [0.25, 0.3) is 0 Å². The molecule has 140 valence electrons. The highest BCUT2D eigenvalue weighted by atomic mass is 79.9. The number of carbonyl (C=O) groups excluding carboxylic acids is 2. The Morgan fingerprint density at radius 2 is 1.92 bits per heavy atom. The van der Waals surface area contributed by atoms with E-state index in [1.165, 1.54) is 0 Å². The van der Waals surface area contributed by atoms with E-state index in [2.05, 4.69) is 15.9 Å². The lowest BCUT2D eigenvalue weighted by Crippen LogP contribution is -2.66. The zero-order valence-corrected chi connectivity index (χ0v) is 16.6. The van der Waals surface area contributed by atoms with Gasteiger partial charge < -0.3 is 19.3 Å². The Morgan fingerprint density at radius 1 is 1.23 bits per heavy atom. The number of benzene rings is 1. The number of carbonyl (C=O) groups is 2. The van der Waals surface area contributed by atoms with Crippen molar-refractivity contribution in [3.8, 4) is 0 Å².